The van der Waals surface area contributed by atoms with Gasteiger partial charge in [0.25, 0.3) is 0 Å². The molecule has 10 heteroatoms. The van der Waals surface area contributed by atoms with E-state index in [1.165, 1.54) is 23.9 Å². The highest BCUT2D eigenvalue weighted by Gasteiger charge is 2.26. The van der Waals surface area contributed by atoms with Crippen molar-refractivity contribution in [2.45, 2.75) is 46.3 Å². The number of aryl methyl sites for hydroxylation is 1. The van der Waals surface area contributed by atoms with Gasteiger partial charge in [0.1, 0.15) is 18.5 Å². The quantitative estimate of drug-likeness (QED) is 0.450. The summed E-state index contributed by atoms with van der Waals surface area (Å²) in [4.78, 5) is 51.8. The van der Waals surface area contributed by atoms with Gasteiger partial charge in [0.15, 0.2) is 5.69 Å². The molecule has 2 heterocycles. The van der Waals surface area contributed by atoms with Crippen molar-refractivity contribution in [3.05, 3.63) is 72.1 Å². The first-order chi connectivity index (χ1) is 17.6. The summed E-state index contributed by atoms with van der Waals surface area (Å²) in [5, 5.41) is 2.71. The maximum atomic E-state index is 13.1. The monoisotopic (exact) mass is 505 g/mol. The molecule has 2 amide bonds. The molecule has 0 saturated carbocycles. The number of anilines is 1. The number of nitrogens with one attached hydrogen (secondary N) is 1. The highest BCUT2D eigenvalue weighted by molar-refractivity contribution is 6.01. The van der Waals surface area contributed by atoms with Crippen molar-refractivity contribution in [2.24, 2.45) is 0 Å². The molecule has 10 nitrogen and oxygen atoms in total. The van der Waals surface area contributed by atoms with E-state index in [4.69, 9.17) is 9.47 Å². The van der Waals surface area contributed by atoms with Crippen LogP contribution in [-0.4, -0.2) is 57.1 Å². The van der Waals surface area contributed by atoms with Gasteiger partial charge in [0, 0.05) is 18.0 Å². The van der Waals surface area contributed by atoms with Crippen molar-refractivity contribution in [2.75, 3.05) is 19.0 Å². The molecule has 0 aliphatic rings. The SMILES string of the molecule is CCc1ccc(-c2cnc(C(=O)OC)c(NC(=O)CN(Cc3ccncn3)C(=O)OC(C)(C)C)c2)cc1. The lowest BCUT2D eigenvalue weighted by Crippen LogP contribution is -2.41. The van der Waals surface area contributed by atoms with Gasteiger partial charge in [-0.05, 0) is 50.5 Å². The molecule has 0 aliphatic carbocycles. The average Bonchev–Trinajstić information content (AvgIpc) is 2.87. The topological polar surface area (TPSA) is 124 Å². The highest BCUT2D eigenvalue weighted by atomic mass is 16.6. The zero-order valence-corrected chi connectivity index (χ0v) is 21.6. The van der Waals surface area contributed by atoms with Crippen molar-refractivity contribution >= 4 is 23.7 Å². The van der Waals surface area contributed by atoms with Crippen LogP contribution in [0.3, 0.4) is 0 Å². The molecule has 0 aliphatic heterocycles. The van der Waals surface area contributed by atoms with Gasteiger partial charge < -0.3 is 14.8 Å². The molecule has 37 heavy (non-hydrogen) atoms. The van der Waals surface area contributed by atoms with Crippen LogP contribution in [0.1, 0.15) is 49.4 Å². The minimum atomic E-state index is -0.763. The summed E-state index contributed by atoms with van der Waals surface area (Å²) >= 11 is 0. The second kappa shape index (κ2) is 12.1. The normalized spacial score (nSPS) is 10.9. The van der Waals surface area contributed by atoms with Crippen LogP contribution in [0.15, 0.2) is 55.1 Å². The molecule has 0 radical (unpaired) electrons. The first-order valence-corrected chi connectivity index (χ1v) is 11.8. The summed E-state index contributed by atoms with van der Waals surface area (Å²) in [5.41, 5.74) is 2.64. The van der Waals surface area contributed by atoms with Gasteiger partial charge in [-0.1, -0.05) is 31.2 Å². The number of rotatable bonds is 8. The minimum absolute atomic E-state index is 0.0246. The van der Waals surface area contributed by atoms with E-state index in [1.807, 2.05) is 24.3 Å². The summed E-state index contributed by atoms with van der Waals surface area (Å²) < 4.78 is 10.3. The van der Waals surface area contributed by atoms with Gasteiger partial charge in [0.05, 0.1) is 25.0 Å². The smallest absolute Gasteiger partial charge is 0.411 e. The Hall–Kier alpha value is -4.34. The zero-order chi connectivity index (χ0) is 27.0. The summed E-state index contributed by atoms with van der Waals surface area (Å²) in [5.74, 6) is -1.25. The predicted octanol–water partition coefficient (Wildman–Crippen LogP) is 4.26. The number of ether oxygens (including phenoxy) is 2. The molecule has 0 unspecified atom stereocenters. The van der Waals surface area contributed by atoms with E-state index < -0.39 is 23.6 Å². The zero-order valence-electron chi connectivity index (χ0n) is 21.6. The molecule has 0 saturated heterocycles. The molecular formula is C27H31N5O5. The van der Waals surface area contributed by atoms with Crippen LogP contribution in [0.25, 0.3) is 11.1 Å². The molecule has 3 aromatic rings. The molecule has 1 N–H and O–H groups in total. The van der Waals surface area contributed by atoms with Crippen molar-refractivity contribution < 1.29 is 23.9 Å². The largest absolute Gasteiger partial charge is 0.464 e. The maximum absolute atomic E-state index is 13.1. The van der Waals surface area contributed by atoms with Gasteiger partial charge in [-0.25, -0.2) is 24.5 Å². The number of hydrogen-bond donors (Lipinski definition) is 1. The number of hydrogen-bond acceptors (Lipinski definition) is 8. The van der Waals surface area contributed by atoms with Crippen molar-refractivity contribution in [1.82, 2.24) is 19.9 Å². The Morgan fingerprint density at radius 3 is 2.35 bits per heavy atom. The lowest BCUT2D eigenvalue weighted by Gasteiger charge is -2.27. The van der Waals surface area contributed by atoms with E-state index >= 15 is 0 Å². The third-order valence-corrected chi connectivity index (χ3v) is 5.22. The number of methoxy groups -OCH3 is 1. The molecule has 1 aromatic carbocycles. The second-order valence-corrected chi connectivity index (χ2v) is 9.25. The third-order valence-electron chi connectivity index (χ3n) is 5.22. The highest BCUT2D eigenvalue weighted by Crippen LogP contribution is 2.25. The number of esters is 1. The van der Waals surface area contributed by atoms with E-state index in [9.17, 15) is 14.4 Å². The second-order valence-electron chi connectivity index (χ2n) is 9.25. The summed E-state index contributed by atoms with van der Waals surface area (Å²) in [6, 6.07) is 11.2. The predicted molar refractivity (Wildman–Crippen MR) is 138 cm³/mol. The van der Waals surface area contributed by atoms with Gasteiger partial charge in [-0.2, -0.15) is 0 Å². The first-order valence-electron chi connectivity index (χ1n) is 11.8. The average molecular weight is 506 g/mol. The lowest BCUT2D eigenvalue weighted by atomic mass is 10.0. The van der Waals surface area contributed by atoms with Crippen LogP contribution >= 0.6 is 0 Å². The number of amides is 2. The van der Waals surface area contributed by atoms with Crippen LogP contribution in [0.5, 0.6) is 0 Å². The Balaban J connectivity index is 1.87. The van der Waals surface area contributed by atoms with Gasteiger partial charge >= 0.3 is 12.1 Å². The number of benzene rings is 1. The van der Waals surface area contributed by atoms with Gasteiger partial charge in [-0.3, -0.25) is 9.69 Å². The van der Waals surface area contributed by atoms with E-state index in [0.717, 1.165) is 12.0 Å². The molecule has 194 valence electrons. The van der Waals surface area contributed by atoms with Crippen LogP contribution in [0.2, 0.25) is 0 Å². The van der Waals surface area contributed by atoms with Crippen LogP contribution in [0.4, 0.5) is 10.5 Å². The molecule has 2 aromatic heterocycles. The van der Waals surface area contributed by atoms with Gasteiger partial charge in [-0.15, -0.1) is 0 Å². The third kappa shape index (κ3) is 7.83. The lowest BCUT2D eigenvalue weighted by molar-refractivity contribution is -0.117. The van der Waals surface area contributed by atoms with E-state index in [-0.39, 0.29) is 24.5 Å². The van der Waals surface area contributed by atoms with Crippen LogP contribution in [-0.2, 0) is 27.2 Å². The van der Waals surface area contributed by atoms with Crippen molar-refractivity contribution in [1.29, 1.82) is 0 Å². The Morgan fingerprint density at radius 1 is 1.03 bits per heavy atom. The maximum Gasteiger partial charge on any atom is 0.411 e. The number of carbonyl (C=O) groups excluding carboxylic acids is 3. The van der Waals surface area contributed by atoms with Gasteiger partial charge in [0.2, 0.25) is 5.91 Å². The minimum Gasteiger partial charge on any atom is -0.464 e. The first kappa shape index (κ1) is 27.3. The number of nitrogens with zero attached hydrogens (tertiary/aromatic N) is 4. The Bertz CT molecular complexity index is 1240. The number of carbonyl (C=O) groups is 3. The van der Waals surface area contributed by atoms with E-state index in [1.54, 1.807) is 45.3 Å². The van der Waals surface area contributed by atoms with Crippen molar-refractivity contribution in [3.63, 3.8) is 0 Å². The summed E-state index contributed by atoms with van der Waals surface area (Å²) in [6.45, 7) is 6.95. The fourth-order valence-electron chi connectivity index (χ4n) is 3.39. The van der Waals surface area contributed by atoms with Crippen molar-refractivity contribution in [3.8, 4) is 11.1 Å². The Morgan fingerprint density at radius 2 is 1.76 bits per heavy atom. The molecule has 0 fully saturated rings. The Kier molecular flexibility index (Phi) is 8.89. The van der Waals surface area contributed by atoms with E-state index in [2.05, 4.69) is 27.2 Å². The molecule has 0 atom stereocenters. The fraction of sp³-hybridized carbons (Fsp3) is 0.333. The molecule has 3 rings (SSSR count). The molecule has 0 bridgehead atoms. The van der Waals surface area contributed by atoms with Crippen LogP contribution < -0.4 is 5.32 Å². The fourth-order valence-corrected chi connectivity index (χ4v) is 3.39. The summed E-state index contributed by atoms with van der Waals surface area (Å²) in [6.07, 6.45) is 4.67. The molecular weight excluding hydrogens is 474 g/mol. The number of aromatic nitrogens is 3. The Labute approximate surface area is 216 Å². The standard InChI is InChI=1S/C27H31N5O5/c1-6-18-7-9-19(10-8-18)20-13-22(24(29-14-20)25(34)36-5)31-23(33)16-32(26(35)37-27(2,3)4)15-21-11-12-28-17-30-21/h7-14,17H,6,15-16H2,1-5H3,(H,31,33). The molecule has 0 spiro atoms. The number of pyridine rings is 1. The van der Waals surface area contributed by atoms with E-state index in [0.29, 0.717) is 11.3 Å². The van der Waals surface area contributed by atoms with Crippen LogP contribution in [0, 0.1) is 0 Å². The summed E-state index contributed by atoms with van der Waals surface area (Å²) in [7, 11) is 1.24.